The highest BCUT2D eigenvalue weighted by Gasteiger charge is 2.01. The Kier molecular flexibility index (Phi) is 4.91. The Morgan fingerprint density at radius 3 is 2.30 bits per heavy atom. The number of benzene rings is 2. The van der Waals surface area contributed by atoms with Crippen molar-refractivity contribution in [2.24, 2.45) is 0 Å². The summed E-state index contributed by atoms with van der Waals surface area (Å²) in [5, 5.41) is 11.2. The molecule has 0 radical (unpaired) electrons. The van der Waals surface area contributed by atoms with Gasteiger partial charge < -0.3 is 5.32 Å². The molecule has 2 rings (SSSR count). The Balaban J connectivity index is 1.92. The van der Waals surface area contributed by atoms with Crippen LogP contribution in [0.15, 0.2) is 54.6 Å². The monoisotopic (exact) mass is 264 g/mol. The second-order valence-electron chi connectivity index (χ2n) is 4.50. The minimum Gasteiger partial charge on any atom is -0.352 e. The van der Waals surface area contributed by atoms with Crippen LogP contribution in [-0.4, -0.2) is 5.91 Å². The van der Waals surface area contributed by atoms with Crippen LogP contribution in [0.4, 0.5) is 0 Å². The predicted molar refractivity (Wildman–Crippen MR) is 78.6 cm³/mol. The zero-order chi connectivity index (χ0) is 14.2. The molecule has 0 unspecified atom stereocenters. The molecule has 0 aromatic heterocycles. The number of nitriles is 1. The molecule has 0 fully saturated rings. The number of hydrogen-bond donors (Lipinski definition) is 1. The third kappa shape index (κ3) is 3.96. The van der Waals surface area contributed by atoms with Crippen molar-refractivity contribution in [1.29, 1.82) is 5.26 Å². The van der Waals surface area contributed by atoms with E-state index in [4.69, 9.17) is 5.26 Å². The Bertz CT molecular complexity index is 597. The molecule has 0 saturated heterocycles. The first kappa shape index (κ1) is 13.8. The molecule has 3 heteroatoms. The molecule has 2 aromatic carbocycles. The molecule has 0 heterocycles. The van der Waals surface area contributed by atoms with Crippen LogP contribution >= 0.6 is 0 Å². The maximum atomic E-state index is 11.4. The van der Waals surface area contributed by atoms with Crippen LogP contribution in [0.5, 0.6) is 0 Å². The predicted octanol–water partition coefficient (Wildman–Crippen LogP) is 3.27. The molecule has 2 aromatic rings. The van der Waals surface area contributed by atoms with Gasteiger partial charge in [-0.2, -0.15) is 5.26 Å². The van der Waals surface area contributed by atoms with Crippen LogP contribution < -0.4 is 5.32 Å². The summed E-state index contributed by atoms with van der Waals surface area (Å²) in [4.78, 5) is 11.4. The minimum absolute atomic E-state index is 0.0846. The fraction of sp³-hybridized carbons (Fsp3) is 0.176. The summed E-state index contributed by atoms with van der Waals surface area (Å²) in [6.07, 6.45) is 0.525. The van der Waals surface area contributed by atoms with Crippen molar-refractivity contribution in [2.45, 2.75) is 19.4 Å². The maximum Gasteiger partial charge on any atom is 0.221 e. The van der Waals surface area contributed by atoms with Crippen molar-refractivity contribution in [3.63, 3.8) is 0 Å². The van der Waals surface area contributed by atoms with E-state index in [1.54, 1.807) is 0 Å². The smallest absolute Gasteiger partial charge is 0.221 e. The van der Waals surface area contributed by atoms with Gasteiger partial charge in [0.05, 0.1) is 6.07 Å². The average molecular weight is 264 g/mol. The average Bonchev–Trinajstić information content (AvgIpc) is 2.52. The van der Waals surface area contributed by atoms with Gasteiger partial charge in [0, 0.05) is 19.4 Å². The quantitative estimate of drug-likeness (QED) is 0.901. The fourth-order valence-electron chi connectivity index (χ4n) is 1.90. The fourth-order valence-corrected chi connectivity index (χ4v) is 1.90. The van der Waals surface area contributed by atoms with Gasteiger partial charge in [-0.1, -0.05) is 54.6 Å². The zero-order valence-corrected chi connectivity index (χ0v) is 11.2. The highest BCUT2D eigenvalue weighted by Crippen LogP contribution is 2.19. The van der Waals surface area contributed by atoms with Crippen LogP contribution in [0.2, 0.25) is 0 Å². The van der Waals surface area contributed by atoms with Crippen molar-refractivity contribution in [3.8, 4) is 17.2 Å². The Morgan fingerprint density at radius 2 is 1.65 bits per heavy atom. The van der Waals surface area contributed by atoms with E-state index >= 15 is 0 Å². The van der Waals surface area contributed by atoms with E-state index in [0.717, 1.165) is 11.1 Å². The van der Waals surface area contributed by atoms with E-state index in [2.05, 4.69) is 17.4 Å². The van der Waals surface area contributed by atoms with Gasteiger partial charge in [-0.15, -0.1) is 0 Å². The van der Waals surface area contributed by atoms with Gasteiger partial charge in [0.25, 0.3) is 0 Å². The summed E-state index contributed by atoms with van der Waals surface area (Å²) in [6.45, 7) is 0.499. The van der Waals surface area contributed by atoms with E-state index in [0.29, 0.717) is 6.54 Å². The van der Waals surface area contributed by atoms with Gasteiger partial charge in [-0.05, 0) is 16.7 Å². The molecule has 0 aliphatic carbocycles. The summed E-state index contributed by atoms with van der Waals surface area (Å²) in [7, 11) is 0. The van der Waals surface area contributed by atoms with Gasteiger partial charge in [0.1, 0.15) is 0 Å². The molecule has 0 bridgehead atoms. The van der Waals surface area contributed by atoms with Crippen molar-refractivity contribution in [3.05, 3.63) is 60.2 Å². The molecule has 0 atom stereocenters. The number of carbonyl (C=O) groups is 1. The minimum atomic E-state index is -0.0846. The Hall–Kier alpha value is -2.60. The molecular weight excluding hydrogens is 248 g/mol. The molecular formula is C17H16N2O. The third-order valence-electron chi connectivity index (χ3n) is 3.01. The van der Waals surface area contributed by atoms with Gasteiger partial charge in [0.15, 0.2) is 0 Å². The SMILES string of the molecule is N#CCCC(=O)NCc1ccc(-c2ccccc2)cc1. The van der Waals surface area contributed by atoms with Crippen molar-refractivity contribution < 1.29 is 4.79 Å². The first-order valence-electron chi connectivity index (χ1n) is 6.57. The van der Waals surface area contributed by atoms with Gasteiger partial charge >= 0.3 is 0 Å². The second kappa shape index (κ2) is 7.10. The number of nitrogens with one attached hydrogen (secondary N) is 1. The summed E-state index contributed by atoms with van der Waals surface area (Å²) in [5.74, 6) is -0.0846. The third-order valence-corrected chi connectivity index (χ3v) is 3.01. The lowest BCUT2D eigenvalue weighted by Crippen LogP contribution is -2.22. The lowest BCUT2D eigenvalue weighted by Gasteiger charge is -2.06. The number of rotatable bonds is 5. The number of nitrogens with zero attached hydrogens (tertiary/aromatic N) is 1. The van der Waals surface area contributed by atoms with Gasteiger partial charge in [0.2, 0.25) is 5.91 Å². The molecule has 0 aliphatic heterocycles. The van der Waals surface area contributed by atoms with Gasteiger partial charge in [-0.25, -0.2) is 0 Å². The van der Waals surface area contributed by atoms with E-state index in [1.807, 2.05) is 48.5 Å². The standard InChI is InChI=1S/C17H16N2O/c18-12-4-7-17(20)19-13-14-8-10-16(11-9-14)15-5-2-1-3-6-15/h1-3,5-6,8-11H,4,7,13H2,(H,19,20). The van der Waals surface area contributed by atoms with Crippen LogP contribution in [0.3, 0.4) is 0 Å². The number of amides is 1. The van der Waals surface area contributed by atoms with Crippen LogP contribution in [0.1, 0.15) is 18.4 Å². The molecule has 1 amide bonds. The highest BCUT2D eigenvalue weighted by atomic mass is 16.1. The summed E-state index contributed by atoms with van der Waals surface area (Å²) < 4.78 is 0. The lowest BCUT2D eigenvalue weighted by atomic mass is 10.0. The zero-order valence-electron chi connectivity index (χ0n) is 11.2. The van der Waals surface area contributed by atoms with Crippen molar-refractivity contribution in [2.75, 3.05) is 0 Å². The summed E-state index contributed by atoms with van der Waals surface area (Å²) in [6, 6.07) is 20.2. The van der Waals surface area contributed by atoms with E-state index < -0.39 is 0 Å². The highest BCUT2D eigenvalue weighted by molar-refractivity contribution is 5.76. The van der Waals surface area contributed by atoms with Gasteiger partial charge in [-0.3, -0.25) is 4.79 Å². The molecule has 0 saturated carbocycles. The number of hydrogen-bond acceptors (Lipinski definition) is 2. The van der Waals surface area contributed by atoms with E-state index in [9.17, 15) is 4.79 Å². The largest absolute Gasteiger partial charge is 0.352 e. The topological polar surface area (TPSA) is 52.9 Å². The molecule has 3 nitrogen and oxygen atoms in total. The van der Waals surface area contributed by atoms with E-state index in [-0.39, 0.29) is 18.7 Å². The van der Waals surface area contributed by atoms with Crippen molar-refractivity contribution in [1.82, 2.24) is 5.32 Å². The second-order valence-corrected chi connectivity index (χ2v) is 4.50. The summed E-state index contributed by atoms with van der Waals surface area (Å²) in [5.41, 5.74) is 3.39. The normalized spacial score (nSPS) is 9.75. The lowest BCUT2D eigenvalue weighted by molar-refractivity contribution is -0.121. The molecule has 20 heavy (non-hydrogen) atoms. The Labute approximate surface area is 118 Å². The van der Waals surface area contributed by atoms with E-state index in [1.165, 1.54) is 5.56 Å². The van der Waals surface area contributed by atoms with Crippen LogP contribution in [0, 0.1) is 11.3 Å². The van der Waals surface area contributed by atoms with Crippen molar-refractivity contribution >= 4 is 5.91 Å². The maximum absolute atomic E-state index is 11.4. The summed E-state index contributed by atoms with van der Waals surface area (Å²) >= 11 is 0. The molecule has 0 aliphatic rings. The first-order chi connectivity index (χ1) is 9.79. The first-order valence-corrected chi connectivity index (χ1v) is 6.57. The molecule has 1 N–H and O–H groups in total. The molecule has 100 valence electrons. The number of carbonyl (C=O) groups excluding carboxylic acids is 1. The molecule has 0 spiro atoms. The Morgan fingerprint density at radius 1 is 1.00 bits per heavy atom. The van der Waals surface area contributed by atoms with Crippen LogP contribution in [-0.2, 0) is 11.3 Å². The van der Waals surface area contributed by atoms with Crippen LogP contribution in [0.25, 0.3) is 11.1 Å².